The Balaban J connectivity index is 1.45. The van der Waals surface area contributed by atoms with Crippen LogP contribution in [0.25, 0.3) is 0 Å². The highest BCUT2D eigenvalue weighted by Gasteiger charge is 2.36. The van der Waals surface area contributed by atoms with E-state index in [0.29, 0.717) is 12.0 Å². The molecule has 1 amide bonds. The van der Waals surface area contributed by atoms with Gasteiger partial charge < -0.3 is 14.5 Å². The van der Waals surface area contributed by atoms with Gasteiger partial charge in [0.2, 0.25) is 0 Å². The highest BCUT2D eigenvalue weighted by molar-refractivity contribution is 5.94. The fourth-order valence-corrected chi connectivity index (χ4v) is 5.11. The lowest BCUT2D eigenvalue weighted by Gasteiger charge is -2.36. The number of carbonyl (C=O) groups excluding carboxylic acids is 1. The summed E-state index contributed by atoms with van der Waals surface area (Å²) in [4.78, 5) is 22.1. The highest BCUT2D eigenvalue weighted by atomic mass is 16.5. The van der Waals surface area contributed by atoms with E-state index < -0.39 is 0 Å². The van der Waals surface area contributed by atoms with Crippen LogP contribution in [0.4, 0.5) is 5.82 Å². The topological polar surface area (TPSA) is 45.7 Å². The molecule has 2 aliphatic heterocycles. The fourth-order valence-electron chi connectivity index (χ4n) is 5.11. The Morgan fingerprint density at radius 2 is 1.81 bits per heavy atom. The second-order valence-electron chi connectivity index (χ2n) is 8.32. The van der Waals surface area contributed by atoms with E-state index in [-0.39, 0.29) is 18.1 Å². The smallest absolute Gasteiger partial charge is 0.255 e. The Hall–Kier alpha value is -1.62. The Morgan fingerprint density at radius 1 is 1.08 bits per heavy atom. The molecule has 0 spiro atoms. The van der Waals surface area contributed by atoms with E-state index in [1.54, 1.807) is 6.20 Å². The second-order valence-corrected chi connectivity index (χ2v) is 8.32. The minimum absolute atomic E-state index is 0.169. The van der Waals surface area contributed by atoms with Crippen molar-refractivity contribution in [3.8, 4) is 0 Å². The first kappa shape index (κ1) is 17.8. The predicted molar refractivity (Wildman–Crippen MR) is 102 cm³/mol. The van der Waals surface area contributed by atoms with Crippen LogP contribution in [0.3, 0.4) is 0 Å². The molecule has 142 valence electrons. The first-order valence-corrected chi connectivity index (χ1v) is 10.3. The number of likely N-dealkylation sites (tertiary alicyclic amines) is 1. The van der Waals surface area contributed by atoms with Crippen molar-refractivity contribution in [2.24, 2.45) is 5.92 Å². The summed E-state index contributed by atoms with van der Waals surface area (Å²) in [6, 6.07) is 4.41. The molecule has 3 atom stereocenters. The van der Waals surface area contributed by atoms with Crippen molar-refractivity contribution in [2.45, 2.75) is 70.6 Å². The number of carbonyl (C=O) groups is 1. The first-order chi connectivity index (χ1) is 12.6. The number of hydrogen-bond donors (Lipinski definition) is 0. The molecular formula is C21H31N3O2. The monoisotopic (exact) mass is 357 g/mol. The summed E-state index contributed by atoms with van der Waals surface area (Å²) in [5, 5.41) is 0. The van der Waals surface area contributed by atoms with Crippen LogP contribution in [0, 0.1) is 5.92 Å². The maximum atomic E-state index is 13.1. The lowest BCUT2D eigenvalue weighted by atomic mass is 9.95. The summed E-state index contributed by atoms with van der Waals surface area (Å²) in [5.41, 5.74) is 0.730. The van der Waals surface area contributed by atoms with Crippen molar-refractivity contribution >= 4 is 11.7 Å². The maximum Gasteiger partial charge on any atom is 0.255 e. The Labute approximate surface area is 156 Å². The van der Waals surface area contributed by atoms with Gasteiger partial charge in [0.1, 0.15) is 5.82 Å². The lowest BCUT2D eigenvalue weighted by Crippen LogP contribution is -2.45. The minimum Gasteiger partial charge on any atom is -0.372 e. The molecule has 0 bridgehead atoms. The minimum atomic E-state index is 0.169. The van der Waals surface area contributed by atoms with E-state index in [0.717, 1.165) is 37.4 Å². The number of rotatable bonds is 3. The number of ether oxygens (including phenoxy) is 1. The zero-order valence-electron chi connectivity index (χ0n) is 16.1. The first-order valence-electron chi connectivity index (χ1n) is 10.3. The number of hydrogen-bond acceptors (Lipinski definition) is 4. The van der Waals surface area contributed by atoms with E-state index in [1.165, 1.54) is 32.1 Å². The van der Waals surface area contributed by atoms with Gasteiger partial charge in [-0.05, 0) is 57.6 Å². The van der Waals surface area contributed by atoms with E-state index in [9.17, 15) is 4.79 Å². The summed E-state index contributed by atoms with van der Waals surface area (Å²) in [7, 11) is 0. The van der Waals surface area contributed by atoms with Crippen LogP contribution in [0.1, 0.15) is 62.7 Å². The lowest BCUT2D eigenvalue weighted by molar-refractivity contribution is -0.00546. The molecule has 1 aromatic rings. The van der Waals surface area contributed by atoms with Gasteiger partial charge in [-0.15, -0.1) is 0 Å². The van der Waals surface area contributed by atoms with Crippen molar-refractivity contribution in [1.82, 2.24) is 9.88 Å². The number of morpholine rings is 1. The molecule has 3 fully saturated rings. The van der Waals surface area contributed by atoms with Gasteiger partial charge in [0.15, 0.2) is 0 Å². The molecule has 3 aliphatic rings. The molecule has 0 unspecified atom stereocenters. The highest BCUT2D eigenvalue weighted by Crippen LogP contribution is 2.36. The Morgan fingerprint density at radius 3 is 2.46 bits per heavy atom. The van der Waals surface area contributed by atoms with Gasteiger partial charge in [-0.1, -0.05) is 12.8 Å². The van der Waals surface area contributed by atoms with Crippen LogP contribution in [0.15, 0.2) is 18.3 Å². The summed E-state index contributed by atoms with van der Waals surface area (Å²) in [6.07, 6.45) is 9.74. The third kappa shape index (κ3) is 3.59. The van der Waals surface area contributed by atoms with Crippen molar-refractivity contribution in [1.29, 1.82) is 0 Å². The normalized spacial score (nSPS) is 30.2. The maximum absolute atomic E-state index is 13.1. The van der Waals surface area contributed by atoms with Crippen LogP contribution >= 0.6 is 0 Å². The van der Waals surface area contributed by atoms with Gasteiger partial charge in [0.05, 0.1) is 17.8 Å². The molecule has 0 aromatic carbocycles. The summed E-state index contributed by atoms with van der Waals surface area (Å²) in [5.74, 6) is 1.82. The Kier molecular flexibility index (Phi) is 5.16. The van der Waals surface area contributed by atoms with Crippen LogP contribution in [0.5, 0.6) is 0 Å². The van der Waals surface area contributed by atoms with Crippen molar-refractivity contribution in [3.05, 3.63) is 23.9 Å². The van der Waals surface area contributed by atoms with E-state index >= 15 is 0 Å². The van der Waals surface area contributed by atoms with E-state index in [1.807, 2.05) is 12.1 Å². The number of pyridine rings is 1. The molecule has 0 N–H and O–H groups in total. The van der Waals surface area contributed by atoms with Gasteiger partial charge >= 0.3 is 0 Å². The fraction of sp³-hybridized carbons (Fsp3) is 0.714. The molecule has 1 aromatic heterocycles. The van der Waals surface area contributed by atoms with Crippen molar-refractivity contribution in [2.75, 3.05) is 24.5 Å². The molecule has 26 heavy (non-hydrogen) atoms. The zero-order valence-corrected chi connectivity index (χ0v) is 16.1. The zero-order chi connectivity index (χ0) is 18.1. The van der Waals surface area contributed by atoms with Gasteiger partial charge in [-0.2, -0.15) is 0 Å². The molecule has 0 radical (unpaired) electrons. The quantitative estimate of drug-likeness (QED) is 0.831. The number of anilines is 1. The summed E-state index contributed by atoms with van der Waals surface area (Å²) in [6.45, 7) is 6.79. The molecular weight excluding hydrogens is 326 g/mol. The second kappa shape index (κ2) is 7.55. The van der Waals surface area contributed by atoms with Crippen LogP contribution in [-0.4, -0.2) is 53.7 Å². The summed E-state index contributed by atoms with van der Waals surface area (Å²) >= 11 is 0. The predicted octanol–water partition coefficient (Wildman–Crippen LogP) is 3.49. The molecule has 1 aliphatic carbocycles. The third-order valence-corrected chi connectivity index (χ3v) is 6.24. The molecule has 3 heterocycles. The van der Waals surface area contributed by atoms with Gasteiger partial charge in [0, 0.05) is 31.9 Å². The SMILES string of the molecule is C[C@@H]1CN(c2ccc(C(=O)N3CCC[C@H]3C3CCCC3)cn2)C[C@H](C)O1. The van der Waals surface area contributed by atoms with Crippen molar-refractivity contribution < 1.29 is 9.53 Å². The van der Waals surface area contributed by atoms with Gasteiger partial charge in [0.25, 0.3) is 5.91 Å². The number of amides is 1. The third-order valence-electron chi connectivity index (χ3n) is 6.24. The molecule has 1 saturated carbocycles. The molecule has 4 rings (SSSR count). The van der Waals surface area contributed by atoms with E-state index in [2.05, 4.69) is 28.6 Å². The average Bonchev–Trinajstić information content (AvgIpc) is 3.31. The van der Waals surface area contributed by atoms with Gasteiger partial charge in [-0.25, -0.2) is 4.98 Å². The number of aromatic nitrogens is 1. The standard InChI is InChI=1S/C21H31N3O2/c1-15-13-23(14-16(2)26-15)20-10-9-18(12-22-20)21(25)24-11-5-8-19(24)17-6-3-4-7-17/h9-10,12,15-17,19H,3-8,11,13-14H2,1-2H3/t15-,16+,19-/m0/s1. The van der Waals surface area contributed by atoms with Crippen LogP contribution in [0.2, 0.25) is 0 Å². The molecule has 5 nitrogen and oxygen atoms in total. The largest absolute Gasteiger partial charge is 0.372 e. The molecule has 5 heteroatoms. The Bertz CT molecular complexity index is 617. The van der Waals surface area contributed by atoms with E-state index in [4.69, 9.17) is 4.74 Å². The van der Waals surface area contributed by atoms with Crippen LogP contribution < -0.4 is 4.90 Å². The molecule has 2 saturated heterocycles. The number of nitrogens with zero attached hydrogens (tertiary/aromatic N) is 3. The average molecular weight is 357 g/mol. The van der Waals surface area contributed by atoms with Crippen LogP contribution in [-0.2, 0) is 4.74 Å². The van der Waals surface area contributed by atoms with Gasteiger partial charge in [-0.3, -0.25) is 4.79 Å². The summed E-state index contributed by atoms with van der Waals surface area (Å²) < 4.78 is 5.80. The van der Waals surface area contributed by atoms with Crippen molar-refractivity contribution in [3.63, 3.8) is 0 Å².